The van der Waals surface area contributed by atoms with Gasteiger partial charge in [0.2, 0.25) is 5.89 Å². The van der Waals surface area contributed by atoms with Gasteiger partial charge in [-0.15, -0.1) is 0 Å². The molecule has 0 saturated carbocycles. The summed E-state index contributed by atoms with van der Waals surface area (Å²) in [5.41, 5.74) is 3.88. The molecule has 7 heteroatoms. The summed E-state index contributed by atoms with van der Waals surface area (Å²) < 4.78 is 11.7. The van der Waals surface area contributed by atoms with E-state index in [-0.39, 0.29) is 5.91 Å². The van der Waals surface area contributed by atoms with Crippen LogP contribution in [0, 0.1) is 0 Å². The minimum absolute atomic E-state index is 0.312. The Kier molecular flexibility index (Phi) is 6.21. The summed E-state index contributed by atoms with van der Waals surface area (Å²) in [6, 6.07) is 27.3. The molecule has 0 saturated heterocycles. The van der Waals surface area contributed by atoms with Crippen molar-refractivity contribution < 1.29 is 13.9 Å². The molecule has 5 aromatic rings. The van der Waals surface area contributed by atoms with Crippen LogP contribution in [0.5, 0.6) is 5.75 Å². The van der Waals surface area contributed by atoms with E-state index in [1.54, 1.807) is 54.6 Å². The molecule has 4 aromatic carbocycles. The number of rotatable bonds is 6. The van der Waals surface area contributed by atoms with Crippen LogP contribution in [-0.4, -0.2) is 10.9 Å². The number of anilines is 1. The van der Waals surface area contributed by atoms with Gasteiger partial charge in [-0.05, 0) is 60.2 Å². The van der Waals surface area contributed by atoms with Crippen molar-refractivity contribution in [2.75, 3.05) is 5.32 Å². The average molecular weight is 489 g/mol. The summed E-state index contributed by atoms with van der Waals surface area (Å²) in [6.45, 7) is 0.412. The lowest BCUT2D eigenvalue weighted by atomic mass is 10.1. The zero-order chi connectivity index (χ0) is 23.5. The predicted octanol–water partition coefficient (Wildman–Crippen LogP) is 7.63. The van der Waals surface area contributed by atoms with E-state index < -0.39 is 0 Å². The number of halogens is 2. The molecule has 1 heterocycles. The Morgan fingerprint density at radius 1 is 0.912 bits per heavy atom. The van der Waals surface area contributed by atoms with Gasteiger partial charge in [-0.2, -0.15) is 0 Å². The first kappa shape index (κ1) is 22.0. The maximum Gasteiger partial charge on any atom is 0.255 e. The van der Waals surface area contributed by atoms with Gasteiger partial charge in [-0.3, -0.25) is 4.79 Å². The van der Waals surface area contributed by atoms with E-state index in [2.05, 4.69) is 10.3 Å². The fraction of sp³-hybridized carbons (Fsp3) is 0.0370. The fourth-order valence-electron chi connectivity index (χ4n) is 3.44. The van der Waals surface area contributed by atoms with Gasteiger partial charge < -0.3 is 14.5 Å². The predicted molar refractivity (Wildman–Crippen MR) is 135 cm³/mol. The Bertz CT molecular complexity index is 1480. The van der Waals surface area contributed by atoms with Crippen molar-refractivity contribution >= 4 is 45.9 Å². The highest BCUT2D eigenvalue weighted by Crippen LogP contribution is 2.31. The number of hydrogen-bond acceptors (Lipinski definition) is 4. The first-order chi connectivity index (χ1) is 16.5. The van der Waals surface area contributed by atoms with Gasteiger partial charge in [0.05, 0.1) is 10.7 Å². The second-order valence-electron chi connectivity index (χ2n) is 7.58. The molecule has 0 aliphatic carbocycles. The van der Waals surface area contributed by atoms with E-state index >= 15 is 0 Å². The highest BCUT2D eigenvalue weighted by molar-refractivity contribution is 6.34. The van der Waals surface area contributed by atoms with Crippen LogP contribution in [0.3, 0.4) is 0 Å². The largest absolute Gasteiger partial charge is 0.489 e. The molecular weight excluding hydrogens is 471 g/mol. The van der Waals surface area contributed by atoms with Gasteiger partial charge in [-0.25, -0.2) is 4.98 Å². The number of hydrogen-bond donors (Lipinski definition) is 1. The zero-order valence-electron chi connectivity index (χ0n) is 17.8. The van der Waals surface area contributed by atoms with Crippen LogP contribution in [0.15, 0.2) is 95.4 Å². The molecule has 34 heavy (non-hydrogen) atoms. The molecule has 1 amide bonds. The Labute approximate surface area is 205 Å². The highest BCUT2D eigenvalue weighted by Gasteiger charge is 2.14. The third kappa shape index (κ3) is 4.91. The van der Waals surface area contributed by atoms with E-state index in [1.165, 1.54) is 0 Å². The van der Waals surface area contributed by atoms with Gasteiger partial charge in [0.1, 0.15) is 17.9 Å². The number of ether oxygens (including phenoxy) is 1. The summed E-state index contributed by atoms with van der Waals surface area (Å²) in [5, 5.41) is 3.83. The summed E-state index contributed by atoms with van der Waals surface area (Å²) in [6.07, 6.45) is 0. The van der Waals surface area contributed by atoms with Crippen molar-refractivity contribution in [2.45, 2.75) is 6.61 Å². The Morgan fingerprint density at radius 2 is 1.76 bits per heavy atom. The number of oxazole rings is 1. The molecular formula is C27H18Cl2N2O3. The lowest BCUT2D eigenvalue weighted by Crippen LogP contribution is -2.12. The van der Waals surface area contributed by atoms with Crippen LogP contribution >= 0.6 is 23.2 Å². The number of amides is 1. The van der Waals surface area contributed by atoms with Crippen molar-refractivity contribution in [3.63, 3.8) is 0 Å². The maximum atomic E-state index is 12.9. The number of carbonyl (C=O) groups excluding carboxylic acids is 1. The van der Waals surface area contributed by atoms with E-state index in [1.807, 2.05) is 36.4 Å². The fourth-order valence-corrected chi connectivity index (χ4v) is 3.77. The molecule has 0 unspecified atom stereocenters. The van der Waals surface area contributed by atoms with E-state index in [9.17, 15) is 4.79 Å². The quantitative estimate of drug-likeness (QED) is 0.266. The standard InChI is InChI=1S/C27H18Cl2N2O3/c28-20-10-12-25-24(15-20)31-27(34-25)19-9-11-22(29)23(14-19)30-26(32)18-7-4-8-21(13-18)33-16-17-5-2-1-3-6-17/h1-15H,16H2,(H,30,32). The summed E-state index contributed by atoms with van der Waals surface area (Å²) in [4.78, 5) is 17.4. The summed E-state index contributed by atoms with van der Waals surface area (Å²) in [7, 11) is 0. The summed E-state index contributed by atoms with van der Waals surface area (Å²) >= 11 is 12.4. The van der Waals surface area contributed by atoms with Gasteiger partial charge in [0, 0.05) is 16.1 Å². The van der Waals surface area contributed by atoms with Crippen LogP contribution in [0.2, 0.25) is 10.0 Å². The second-order valence-corrected chi connectivity index (χ2v) is 8.43. The van der Waals surface area contributed by atoms with Crippen molar-refractivity contribution in [3.05, 3.63) is 112 Å². The van der Waals surface area contributed by atoms with Crippen LogP contribution in [0.25, 0.3) is 22.6 Å². The lowest BCUT2D eigenvalue weighted by molar-refractivity contribution is 0.102. The molecule has 0 bridgehead atoms. The van der Waals surface area contributed by atoms with Gasteiger partial charge in [-0.1, -0.05) is 59.6 Å². The smallest absolute Gasteiger partial charge is 0.255 e. The highest BCUT2D eigenvalue weighted by atomic mass is 35.5. The van der Waals surface area contributed by atoms with Crippen LogP contribution in [0.4, 0.5) is 5.69 Å². The molecule has 1 N–H and O–H groups in total. The number of benzene rings is 4. The molecule has 0 fully saturated rings. The SMILES string of the molecule is O=C(Nc1cc(-c2nc3cc(Cl)ccc3o2)ccc1Cl)c1cccc(OCc2ccccc2)c1. The Hall–Kier alpha value is -3.80. The number of fused-ring (bicyclic) bond motifs is 1. The lowest BCUT2D eigenvalue weighted by Gasteiger charge is -2.10. The molecule has 0 spiro atoms. The normalized spacial score (nSPS) is 10.9. The molecule has 168 valence electrons. The monoisotopic (exact) mass is 488 g/mol. The van der Waals surface area contributed by atoms with E-state index in [4.69, 9.17) is 32.4 Å². The van der Waals surface area contributed by atoms with Gasteiger partial charge >= 0.3 is 0 Å². The van der Waals surface area contributed by atoms with Gasteiger partial charge in [0.25, 0.3) is 5.91 Å². The zero-order valence-corrected chi connectivity index (χ0v) is 19.3. The number of nitrogens with zero attached hydrogens (tertiary/aromatic N) is 1. The number of carbonyl (C=O) groups is 1. The first-order valence-electron chi connectivity index (χ1n) is 10.5. The Morgan fingerprint density at radius 3 is 2.62 bits per heavy atom. The molecule has 0 atom stereocenters. The van der Waals surface area contributed by atoms with Crippen molar-refractivity contribution in [1.82, 2.24) is 4.98 Å². The third-order valence-corrected chi connectivity index (χ3v) is 5.72. The van der Waals surface area contributed by atoms with Crippen LogP contribution in [-0.2, 0) is 6.61 Å². The maximum absolute atomic E-state index is 12.9. The van der Waals surface area contributed by atoms with E-state index in [0.717, 1.165) is 5.56 Å². The third-order valence-electron chi connectivity index (χ3n) is 5.16. The minimum Gasteiger partial charge on any atom is -0.489 e. The summed E-state index contributed by atoms with van der Waals surface area (Å²) in [5.74, 6) is 0.691. The number of nitrogens with one attached hydrogen (secondary N) is 1. The number of aromatic nitrogens is 1. The van der Waals surface area contributed by atoms with Crippen LogP contribution in [0.1, 0.15) is 15.9 Å². The first-order valence-corrected chi connectivity index (χ1v) is 11.2. The van der Waals surface area contributed by atoms with Crippen molar-refractivity contribution in [3.8, 4) is 17.2 Å². The minimum atomic E-state index is -0.312. The topological polar surface area (TPSA) is 64.4 Å². The molecule has 0 aliphatic rings. The van der Waals surface area contributed by atoms with Gasteiger partial charge in [0.15, 0.2) is 5.58 Å². The average Bonchev–Trinajstić information content (AvgIpc) is 3.28. The molecule has 1 aromatic heterocycles. The van der Waals surface area contributed by atoms with E-state index in [0.29, 0.717) is 56.2 Å². The molecule has 5 rings (SSSR count). The molecule has 5 nitrogen and oxygen atoms in total. The second kappa shape index (κ2) is 9.59. The van der Waals surface area contributed by atoms with Crippen LogP contribution < -0.4 is 10.1 Å². The molecule has 0 radical (unpaired) electrons. The van der Waals surface area contributed by atoms with Crippen molar-refractivity contribution in [2.24, 2.45) is 0 Å². The molecule has 0 aliphatic heterocycles. The van der Waals surface area contributed by atoms with Crippen molar-refractivity contribution in [1.29, 1.82) is 0 Å². The Balaban J connectivity index is 1.34.